The van der Waals surface area contributed by atoms with E-state index in [4.69, 9.17) is 4.42 Å². The highest BCUT2D eigenvalue weighted by Crippen LogP contribution is 2.33. The first-order valence-corrected chi connectivity index (χ1v) is 7.87. The van der Waals surface area contributed by atoms with Gasteiger partial charge in [-0.05, 0) is 29.3 Å². The minimum absolute atomic E-state index is 0.687. The predicted octanol–water partition coefficient (Wildman–Crippen LogP) is 5.43. The van der Waals surface area contributed by atoms with E-state index in [-0.39, 0.29) is 0 Å². The van der Waals surface area contributed by atoms with Gasteiger partial charge in [-0.1, -0.05) is 64.5 Å². The van der Waals surface area contributed by atoms with Gasteiger partial charge in [0.2, 0.25) is 0 Å². The number of hydrogen-bond donors (Lipinski definition) is 1. The summed E-state index contributed by atoms with van der Waals surface area (Å²) in [6.07, 6.45) is -0.687. The average molecular weight is 353 g/mol. The third kappa shape index (κ3) is 2.14. The van der Waals surface area contributed by atoms with Crippen LogP contribution in [0.4, 0.5) is 0 Å². The van der Waals surface area contributed by atoms with Crippen LogP contribution in [0.3, 0.4) is 0 Å². The maximum absolute atomic E-state index is 10.6. The summed E-state index contributed by atoms with van der Waals surface area (Å²) in [6.45, 7) is 0. The second-order valence-corrected chi connectivity index (χ2v) is 6.13. The molecule has 3 heteroatoms. The minimum atomic E-state index is -0.687. The predicted molar refractivity (Wildman–Crippen MR) is 91.9 cm³/mol. The smallest absolute Gasteiger partial charge is 0.135 e. The van der Waals surface area contributed by atoms with Crippen molar-refractivity contribution in [2.24, 2.45) is 0 Å². The van der Waals surface area contributed by atoms with Crippen LogP contribution in [0.2, 0.25) is 0 Å². The first-order chi connectivity index (χ1) is 10.7. The molecule has 1 aromatic heterocycles. The summed E-state index contributed by atoms with van der Waals surface area (Å²) in [7, 11) is 0. The Hall–Kier alpha value is -2.10. The number of aliphatic hydroxyl groups excluding tert-OH is 1. The zero-order valence-electron chi connectivity index (χ0n) is 11.7. The fraction of sp³-hybridized carbons (Fsp3) is 0.0526. The molecular formula is C19H13BrO2. The highest BCUT2D eigenvalue weighted by atomic mass is 79.9. The Morgan fingerprint density at radius 3 is 2.41 bits per heavy atom. The van der Waals surface area contributed by atoms with Crippen molar-refractivity contribution in [1.29, 1.82) is 0 Å². The molecular weight excluding hydrogens is 340 g/mol. The highest BCUT2D eigenvalue weighted by molar-refractivity contribution is 9.10. The Morgan fingerprint density at radius 1 is 0.818 bits per heavy atom. The summed E-state index contributed by atoms with van der Waals surface area (Å²) in [5, 5.41) is 12.8. The van der Waals surface area contributed by atoms with Crippen molar-refractivity contribution in [3.63, 3.8) is 0 Å². The van der Waals surface area contributed by atoms with Gasteiger partial charge in [-0.3, -0.25) is 0 Å². The molecule has 0 aliphatic heterocycles. The van der Waals surface area contributed by atoms with Crippen molar-refractivity contribution >= 4 is 37.9 Å². The normalized spacial score (nSPS) is 12.8. The first kappa shape index (κ1) is 13.6. The molecule has 3 aromatic carbocycles. The molecule has 0 fully saturated rings. The van der Waals surface area contributed by atoms with E-state index in [1.807, 2.05) is 66.7 Å². The molecule has 0 saturated heterocycles. The van der Waals surface area contributed by atoms with Crippen LogP contribution in [0.1, 0.15) is 17.2 Å². The second-order valence-electron chi connectivity index (χ2n) is 5.28. The van der Waals surface area contributed by atoms with Crippen LogP contribution in [0.15, 0.2) is 75.6 Å². The number of para-hydroxylation sites is 1. The van der Waals surface area contributed by atoms with Gasteiger partial charge >= 0.3 is 0 Å². The van der Waals surface area contributed by atoms with Gasteiger partial charge in [-0.2, -0.15) is 0 Å². The van der Waals surface area contributed by atoms with E-state index in [0.29, 0.717) is 0 Å². The van der Waals surface area contributed by atoms with Crippen molar-refractivity contribution < 1.29 is 9.52 Å². The molecule has 22 heavy (non-hydrogen) atoms. The summed E-state index contributed by atoms with van der Waals surface area (Å²) in [5.41, 5.74) is 3.33. The molecule has 4 aromatic rings. The van der Waals surface area contributed by atoms with Gasteiger partial charge in [-0.15, -0.1) is 0 Å². The van der Waals surface area contributed by atoms with Gasteiger partial charge in [0, 0.05) is 15.2 Å². The summed E-state index contributed by atoms with van der Waals surface area (Å²) in [6, 6.07) is 21.5. The Balaban J connectivity index is 1.86. The lowest BCUT2D eigenvalue weighted by atomic mass is 10.0. The van der Waals surface area contributed by atoms with E-state index < -0.39 is 6.10 Å². The summed E-state index contributed by atoms with van der Waals surface area (Å²) < 4.78 is 6.78. The Bertz CT molecular complexity index is 971. The van der Waals surface area contributed by atoms with E-state index >= 15 is 0 Å². The van der Waals surface area contributed by atoms with Crippen molar-refractivity contribution in [2.75, 3.05) is 0 Å². The molecule has 0 spiro atoms. The van der Waals surface area contributed by atoms with Crippen LogP contribution in [0, 0.1) is 0 Å². The SMILES string of the molecule is OC(c1ccc2c(c1)oc1ccccc12)c1ccccc1Br. The van der Waals surface area contributed by atoms with Crippen molar-refractivity contribution in [1.82, 2.24) is 0 Å². The zero-order valence-corrected chi connectivity index (χ0v) is 13.2. The number of furan rings is 1. The van der Waals surface area contributed by atoms with Gasteiger partial charge in [0.1, 0.15) is 17.3 Å². The van der Waals surface area contributed by atoms with Crippen LogP contribution in [0.25, 0.3) is 21.9 Å². The topological polar surface area (TPSA) is 33.4 Å². The Labute approximate surface area is 136 Å². The third-order valence-electron chi connectivity index (χ3n) is 3.92. The van der Waals surface area contributed by atoms with Gasteiger partial charge in [-0.25, -0.2) is 0 Å². The molecule has 1 heterocycles. The van der Waals surface area contributed by atoms with Gasteiger partial charge in [0.15, 0.2) is 0 Å². The number of fused-ring (bicyclic) bond motifs is 3. The molecule has 108 valence electrons. The summed E-state index contributed by atoms with van der Waals surface area (Å²) >= 11 is 3.49. The lowest BCUT2D eigenvalue weighted by Crippen LogP contribution is -2.00. The molecule has 0 saturated carbocycles. The van der Waals surface area contributed by atoms with Crippen molar-refractivity contribution in [2.45, 2.75) is 6.10 Å². The fourth-order valence-corrected chi connectivity index (χ4v) is 3.29. The van der Waals surface area contributed by atoms with Crippen LogP contribution in [-0.4, -0.2) is 5.11 Å². The lowest BCUT2D eigenvalue weighted by Gasteiger charge is -2.13. The molecule has 2 nitrogen and oxygen atoms in total. The molecule has 0 amide bonds. The zero-order chi connectivity index (χ0) is 15.1. The Kier molecular flexibility index (Phi) is 3.25. The Morgan fingerprint density at radius 2 is 1.55 bits per heavy atom. The molecule has 1 N–H and O–H groups in total. The number of aliphatic hydroxyl groups is 1. The van der Waals surface area contributed by atoms with E-state index in [1.165, 1.54) is 0 Å². The van der Waals surface area contributed by atoms with E-state index in [9.17, 15) is 5.11 Å². The maximum atomic E-state index is 10.6. The van der Waals surface area contributed by atoms with Gasteiger partial charge in [0.25, 0.3) is 0 Å². The molecule has 0 aliphatic carbocycles. The summed E-state index contributed by atoms with van der Waals surface area (Å²) in [5.74, 6) is 0. The van der Waals surface area contributed by atoms with Crippen molar-refractivity contribution in [3.8, 4) is 0 Å². The highest BCUT2D eigenvalue weighted by Gasteiger charge is 2.15. The molecule has 1 unspecified atom stereocenters. The maximum Gasteiger partial charge on any atom is 0.135 e. The second kappa shape index (κ2) is 5.27. The quantitative estimate of drug-likeness (QED) is 0.521. The molecule has 1 atom stereocenters. The molecule has 0 radical (unpaired) electrons. The van der Waals surface area contributed by atoms with Crippen LogP contribution < -0.4 is 0 Å². The van der Waals surface area contributed by atoms with Gasteiger partial charge < -0.3 is 9.52 Å². The van der Waals surface area contributed by atoms with Crippen LogP contribution in [0.5, 0.6) is 0 Å². The first-order valence-electron chi connectivity index (χ1n) is 7.08. The molecule has 0 bridgehead atoms. The lowest BCUT2D eigenvalue weighted by molar-refractivity contribution is 0.219. The standard InChI is InChI=1S/C19H13BrO2/c20-16-7-3-1-6-15(16)19(21)12-9-10-14-13-5-2-4-8-17(13)22-18(14)11-12/h1-11,19,21H. The largest absolute Gasteiger partial charge is 0.456 e. The number of benzene rings is 3. The molecule has 0 aliphatic rings. The van der Waals surface area contributed by atoms with E-state index in [1.54, 1.807) is 0 Å². The minimum Gasteiger partial charge on any atom is -0.456 e. The number of rotatable bonds is 2. The molecule has 4 rings (SSSR count). The van der Waals surface area contributed by atoms with E-state index in [0.717, 1.165) is 37.5 Å². The third-order valence-corrected chi connectivity index (χ3v) is 4.64. The monoisotopic (exact) mass is 352 g/mol. The average Bonchev–Trinajstić information content (AvgIpc) is 2.92. The van der Waals surface area contributed by atoms with Crippen LogP contribution >= 0.6 is 15.9 Å². The van der Waals surface area contributed by atoms with Gasteiger partial charge in [0.05, 0.1) is 0 Å². The number of halogens is 1. The van der Waals surface area contributed by atoms with Crippen molar-refractivity contribution in [3.05, 3.63) is 82.3 Å². The van der Waals surface area contributed by atoms with Crippen LogP contribution in [-0.2, 0) is 0 Å². The van der Waals surface area contributed by atoms with E-state index in [2.05, 4.69) is 15.9 Å². The summed E-state index contributed by atoms with van der Waals surface area (Å²) in [4.78, 5) is 0. The fourth-order valence-electron chi connectivity index (χ4n) is 2.79. The number of hydrogen-bond acceptors (Lipinski definition) is 2.